The molecule has 0 radical (unpaired) electrons. The van der Waals surface area contributed by atoms with E-state index in [0.29, 0.717) is 32.1 Å². The summed E-state index contributed by atoms with van der Waals surface area (Å²) in [5, 5.41) is 14.9. The number of piperazine rings is 1. The molecule has 3 rings (SSSR count). The van der Waals surface area contributed by atoms with Crippen molar-refractivity contribution < 1.29 is 23.1 Å². The van der Waals surface area contributed by atoms with Crippen LogP contribution in [0.25, 0.3) is 0 Å². The molecule has 0 aromatic carbocycles. The first-order valence-corrected chi connectivity index (χ1v) is 12.1. The van der Waals surface area contributed by atoms with Crippen molar-refractivity contribution in [2.24, 2.45) is 4.99 Å². The molecule has 12 heteroatoms. The first kappa shape index (κ1) is 25.1. The first-order valence-electron chi connectivity index (χ1n) is 9.52. The summed E-state index contributed by atoms with van der Waals surface area (Å²) in [5.74, 6) is 0.287. The van der Waals surface area contributed by atoms with E-state index < -0.39 is 21.5 Å². The van der Waals surface area contributed by atoms with Gasteiger partial charge in [0.1, 0.15) is 9.81 Å². The zero-order valence-electron chi connectivity index (χ0n) is 17.3. The third-order valence-corrected chi connectivity index (χ3v) is 7.85. The van der Waals surface area contributed by atoms with Crippen molar-refractivity contribution in [3.63, 3.8) is 0 Å². The quantitative estimate of drug-likeness (QED) is 0.513. The fraction of sp³-hybridized carbons (Fsp3) is 0.667. The molecular formula is C18H29IN4O5S2. The molecule has 0 bridgehead atoms. The van der Waals surface area contributed by atoms with Crippen LogP contribution in [0.15, 0.2) is 26.7 Å². The average Bonchev–Trinajstić information content (AvgIpc) is 3.28. The molecule has 1 amide bonds. The number of hydrogen-bond donors (Lipinski definition) is 2. The van der Waals surface area contributed by atoms with Crippen LogP contribution in [0.1, 0.15) is 20.8 Å². The third-order valence-electron chi connectivity index (χ3n) is 4.57. The molecule has 0 saturated carbocycles. The van der Waals surface area contributed by atoms with Gasteiger partial charge in [0.15, 0.2) is 15.8 Å². The highest BCUT2D eigenvalue weighted by molar-refractivity contribution is 14.0. The van der Waals surface area contributed by atoms with Crippen LogP contribution in [0, 0.1) is 0 Å². The number of aliphatic hydroxyl groups is 1. The Labute approximate surface area is 198 Å². The van der Waals surface area contributed by atoms with E-state index in [1.165, 1.54) is 6.07 Å². The predicted molar refractivity (Wildman–Crippen MR) is 126 cm³/mol. The Kier molecular flexibility index (Phi) is 8.38. The number of nitrogens with zero attached hydrogens (tertiary/aromatic N) is 3. The van der Waals surface area contributed by atoms with E-state index in [2.05, 4.69) is 15.2 Å². The van der Waals surface area contributed by atoms with Gasteiger partial charge < -0.3 is 25.0 Å². The zero-order valence-corrected chi connectivity index (χ0v) is 21.2. The Balaban J connectivity index is 0.00000320. The normalized spacial score (nSPS) is 20.1. The Morgan fingerprint density at radius 3 is 2.80 bits per heavy atom. The van der Waals surface area contributed by atoms with E-state index in [9.17, 15) is 18.3 Å². The minimum Gasteiger partial charge on any atom is -0.444 e. The van der Waals surface area contributed by atoms with Crippen molar-refractivity contribution in [1.29, 1.82) is 0 Å². The molecule has 2 unspecified atom stereocenters. The van der Waals surface area contributed by atoms with Crippen LogP contribution in [0.3, 0.4) is 0 Å². The van der Waals surface area contributed by atoms with Gasteiger partial charge in [0.2, 0.25) is 0 Å². The summed E-state index contributed by atoms with van der Waals surface area (Å²) >= 11 is 1.14. The number of sulfone groups is 1. The molecule has 1 aromatic rings. The minimum atomic E-state index is -3.50. The van der Waals surface area contributed by atoms with E-state index in [1.807, 2.05) is 20.8 Å². The van der Waals surface area contributed by atoms with E-state index >= 15 is 0 Å². The summed E-state index contributed by atoms with van der Waals surface area (Å²) in [4.78, 5) is 20.5. The molecule has 2 atom stereocenters. The molecule has 2 aliphatic heterocycles. The molecule has 0 spiro atoms. The number of halogens is 1. The number of carbonyl (C=O) groups excluding carboxylic acids is 1. The summed E-state index contributed by atoms with van der Waals surface area (Å²) in [7, 11) is -3.50. The zero-order chi connectivity index (χ0) is 21.2. The van der Waals surface area contributed by atoms with Gasteiger partial charge >= 0.3 is 6.09 Å². The number of guanidine groups is 1. The van der Waals surface area contributed by atoms with Gasteiger partial charge in [-0.3, -0.25) is 4.99 Å². The average molecular weight is 572 g/mol. The number of thiophene rings is 1. The molecule has 2 aliphatic rings. The molecule has 9 nitrogen and oxygen atoms in total. The van der Waals surface area contributed by atoms with E-state index in [0.717, 1.165) is 11.3 Å². The van der Waals surface area contributed by atoms with Crippen molar-refractivity contribution in [1.82, 2.24) is 15.1 Å². The summed E-state index contributed by atoms with van der Waals surface area (Å²) in [6.07, 6.45) is -1.38. The lowest BCUT2D eigenvalue weighted by molar-refractivity contribution is 0.0137. The Bertz CT molecular complexity index is 854. The number of aliphatic hydroxyl groups excluding tert-OH is 1. The Morgan fingerprint density at radius 1 is 1.43 bits per heavy atom. The second-order valence-electron chi connectivity index (χ2n) is 8.19. The second-order valence-corrected chi connectivity index (χ2v) is 11.4. The largest absolute Gasteiger partial charge is 0.444 e. The fourth-order valence-corrected chi connectivity index (χ4v) is 5.75. The summed E-state index contributed by atoms with van der Waals surface area (Å²) < 4.78 is 30.2. The van der Waals surface area contributed by atoms with Crippen molar-refractivity contribution >= 4 is 57.2 Å². The van der Waals surface area contributed by atoms with Gasteiger partial charge in [0, 0.05) is 26.2 Å². The lowest BCUT2D eigenvalue weighted by Crippen LogP contribution is -2.58. The van der Waals surface area contributed by atoms with Crippen LogP contribution < -0.4 is 5.32 Å². The maximum atomic E-state index is 12.3. The van der Waals surface area contributed by atoms with Crippen LogP contribution >= 0.6 is 35.3 Å². The monoisotopic (exact) mass is 572 g/mol. The first-order chi connectivity index (χ1) is 13.5. The SMILES string of the molecule is CC(C)(C)OC(=O)N1CCN2C(NCC(O)CS(=O)(=O)c3cccs3)=NCC2C1.I. The molecule has 1 fully saturated rings. The lowest BCUT2D eigenvalue weighted by atomic mass is 10.2. The van der Waals surface area contributed by atoms with E-state index in [1.54, 1.807) is 16.3 Å². The number of carbonyl (C=O) groups is 1. The van der Waals surface area contributed by atoms with E-state index in [4.69, 9.17) is 4.74 Å². The van der Waals surface area contributed by atoms with Gasteiger partial charge in [-0.25, -0.2) is 13.2 Å². The van der Waals surface area contributed by atoms with Crippen molar-refractivity contribution in [2.75, 3.05) is 38.5 Å². The molecule has 30 heavy (non-hydrogen) atoms. The topological polar surface area (TPSA) is 112 Å². The summed E-state index contributed by atoms with van der Waals surface area (Å²) in [5.41, 5.74) is -0.535. The van der Waals surface area contributed by atoms with Crippen LogP contribution in [0.4, 0.5) is 4.79 Å². The molecule has 170 valence electrons. The van der Waals surface area contributed by atoms with Gasteiger partial charge in [-0.15, -0.1) is 35.3 Å². The van der Waals surface area contributed by atoms with Gasteiger partial charge in [-0.05, 0) is 32.2 Å². The third kappa shape index (κ3) is 6.44. The molecular weight excluding hydrogens is 543 g/mol. The summed E-state index contributed by atoms with van der Waals surface area (Å²) in [6.45, 7) is 7.76. The molecule has 3 heterocycles. The van der Waals surface area contributed by atoms with Crippen LogP contribution in [0.2, 0.25) is 0 Å². The molecule has 2 N–H and O–H groups in total. The van der Waals surface area contributed by atoms with Gasteiger partial charge in [0.05, 0.1) is 24.4 Å². The van der Waals surface area contributed by atoms with Crippen LogP contribution in [-0.2, 0) is 14.6 Å². The van der Waals surface area contributed by atoms with E-state index in [-0.39, 0.29) is 52.6 Å². The van der Waals surface area contributed by atoms with Crippen molar-refractivity contribution in [3.05, 3.63) is 17.5 Å². The number of hydrogen-bond acceptors (Lipinski definition) is 9. The number of rotatable bonds is 5. The van der Waals surface area contributed by atoms with Crippen LogP contribution in [-0.4, -0.2) is 91.6 Å². The highest BCUT2D eigenvalue weighted by Gasteiger charge is 2.36. The standard InChI is InChI=1S/C18H28N4O5S2.HI/c1-18(2,3)27-17(24)21-6-7-22-13(11-21)9-19-16(22)20-10-14(23)12-29(25,26)15-5-4-8-28-15;/h4-5,8,13-14,23H,6-7,9-12H2,1-3H3,(H,19,20);1H. The van der Waals surface area contributed by atoms with Crippen molar-refractivity contribution in [2.45, 2.75) is 42.7 Å². The molecule has 0 aliphatic carbocycles. The summed E-state index contributed by atoms with van der Waals surface area (Å²) in [6, 6.07) is 3.26. The number of amides is 1. The number of ether oxygens (including phenoxy) is 1. The predicted octanol–water partition coefficient (Wildman–Crippen LogP) is 1.38. The minimum absolute atomic E-state index is 0. The van der Waals surface area contributed by atoms with Gasteiger partial charge in [-0.2, -0.15) is 0 Å². The van der Waals surface area contributed by atoms with Gasteiger partial charge in [-0.1, -0.05) is 6.07 Å². The maximum absolute atomic E-state index is 12.3. The highest BCUT2D eigenvalue weighted by Crippen LogP contribution is 2.20. The van der Waals surface area contributed by atoms with Crippen molar-refractivity contribution in [3.8, 4) is 0 Å². The van der Waals surface area contributed by atoms with Gasteiger partial charge in [0.25, 0.3) is 0 Å². The fourth-order valence-electron chi connectivity index (χ4n) is 3.27. The number of nitrogens with one attached hydrogen (secondary N) is 1. The number of aliphatic imine (C=N–C) groups is 1. The molecule has 1 saturated heterocycles. The number of fused-ring (bicyclic) bond motifs is 1. The highest BCUT2D eigenvalue weighted by atomic mass is 127. The Hall–Kier alpha value is -1.12. The smallest absolute Gasteiger partial charge is 0.410 e. The van der Waals surface area contributed by atoms with Crippen LogP contribution in [0.5, 0.6) is 0 Å². The Morgan fingerprint density at radius 2 is 2.17 bits per heavy atom. The lowest BCUT2D eigenvalue weighted by Gasteiger charge is -2.39. The maximum Gasteiger partial charge on any atom is 0.410 e. The second kappa shape index (κ2) is 10.0. The molecule has 1 aromatic heterocycles.